The van der Waals surface area contributed by atoms with Crippen LogP contribution < -0.4 is 10.6 Å². The topological polar surface area (TPSA) is 98.7 Å². The van der Waals surface area contributed by atoms with Gasteiger partial charge in [0.15, 0.2) is 0 Å². The highest BCUT2D eigenvalue weighted by molar-refractivity contribution is 6.43. The molecule has 0 aliphatic heterocycles. The molecule has 0 aliphatic rings. The number of nitrogens with one attached hydrogen (secondary N) is 2. The van der Waals surface area contributed by atoms with E-state index < -0.39 is 11.8 Å². The van der Waals surface area contributed by atoms with Gasteiger partial charge in [0, 0.05) is 11.8 Å². The lowest BCUT2D eigenvalue weighted by atomic mass is 10.2. The lowest BCUT2D eigenvalue weighted by molar-refractivity contribution is -0.133. The number of anilines is 2. The molecule has 0 heterocycles. The second-order valence-corrected chi connectivity index (χ2v) is 4.48. The normalized spacial score (nSPS) is 9.95. The zero-order valence-electron chi connectivity index (χ0n) is 11.3. The predicted molar refractivity (Wildman–Crippen MR) is 78.2 cm³/mol. The first-order valence-electron chi connectivity index (χ1n) is 6.16. The van der Waals surface area contributed by atoms with Gasteiger partial charge in [0.05, 0.1) is 5.69 Å². The van der Waals surface area contributed by atoms with Crippen molar-refractivity contribution >= 4 is 23.2 Å². The Morgan fingerprint density at radius 3 is 2.33 bits per heavy atom. The van der Waals surface area contributed by atoms with E-state index in [9.17, 15) is 19.8 Å². The van der Waals surface area contributed by atoms with Crippen LogP contribution in [0.15, 0.2) is 42.5 Å². The maximum atomic E-state index is 11.7. The number of carbonyl (C=O) groups excluding carboxylic acids is 2. The molecule has 4 N–H and O–H groups in total. The lowest BCUT2D eigenvalue weighted by Crippen LogP contribution is -2.29. The Morgan fingerprint density at radius 1 is 0.952 bits per heavy atom. The minimum Gasteiger partial charge on any atom is -0.508 e. The average Bonchev–Trinajstić information content (AvgIpc) is 2.41. The third-order valence-corrected chi connectivity index (χ3v) is 2.71. The van der Waals surface area contributed by atoms with E-state index in [1.807, 2.05) is 0 Å². The van der Waals surface area contributed by atoms with Crippen molar-refractivity contribution < 1.29 is 19.8 Å². The quantitative estimate of drug-likeness (QED) is 0.501. The van der Waals surface area contributed by atoms with E-state index in [0.29, 0.717) is 5.69 Å². The summed E-state index contributed by atoms with van der Waals surface area (Å²) in [6.45, 7) is 1.79. The van der Waals surface area contributed by atoms with Crippen molar-refractivity contribution in [3.8, 4) is 11.5 Å². The molecule has 2 aromatic carbocycles. The highest BCUT2D eigenvalue weighted by atomic mass is 16.3. The number of aryl methyl sites for hydroxylation is 1. The fourth-order valence-electron chi connectivity index (χ4n) is 1.70. The largest absolute Gasteiger partial charge is 0.508 e. The summed E-state index contributed by atoms with van der Waals surface area (Å²) in [5, 5.41) is 23.6. The smallest absolute Gasteiger partial charge is 0.314 e. The van der Waals surface area contributed by atoms with E-state index in [2.05, 4.69) is 10.6 Å². The Kier molecular flexibility index (Phi) is 4.08. The molecule has 0 unspecified atom stereocenters. The first-order valence-corrected chi connectivity index (χ1v) is 6.16. The highest BCUT2D eigenvalue weighted by Gasteiger charge is 2.15. The molecule has 108 valence electrons. The van der Waals surface area contributed by atoms with E-state index >= 15 is 0 Å². The van der Waals surface area contributed by atoms with Gasteiger partial charge in [-0.2, -0.15) is 0 Å². The van der Waals surface area contributed by atoms with Crippen LogP contribution in [0.25, 0.3) is 0 Å². The number of hydrogen-bond donors (Lipinski definition) is 4. The van der Waals surface area contributed by atoms with Crippen LogP contribution in [0.4, 0.5) is 11.4 Å². The van der Waals surface area contributed by atoms with Gasteiger partial charge >= 0.3 is 11.8 Å². The molecule has 0 aromatic heterocycles. The van der Waals surface area contributed by atoms with Gasteiger partial charge < -0.3 is 20.8 Å². The molecule has 2 amide bonds. The molecule has 0 spiro atoms. The molecule has 0 atom stereocenters. The second kappa shape index (κ2) is 5.96. The molecule has 2 rings (SSSR count). The summed E-state index contributed by atoms with van der Waals surface area (Å²) in [4.78, 5) is 23.5. The maximum Gasteiger partial charge on any atom is 0.314 e. The van der Waals surface area contributed by atoms with Crippen molar-refractivity contribution in [3.63, 3.8) is 0 Å². The zero-order valence-corrected chi connectivity index (χ0v) is 11.3. The first-order chi connectivity index (χ1) is 9.95. The van der Waals surface area contributed by atoms with E-state index in [0.717, 1.165) is 5.56 Å². The lowest BCUT2D eigenvalue weighted by Gasteiger charge is -2.08. The zero-order chi connectivity index (χ0) is 15.4. The third kappa shape index (κ3) is 3.73. The molecule has 21 heavy (non-hydrogen) atoms. The van der Waals surface area contributed by atoms with Gasteiger partial charge in [0.2, 0.25) is 0 Å². The molecule has 0 bridgehead atoms. The van der Waals surface area contributed by atoms with E-state index in [1.54, 1.807) is 13.0 Å². The SMILES string of the molecule is Cc1ccc(NC(=O)C(=O)Nc2cccc(O)c2)c(O)c1. The Labute approximate surface area is 121 Å². The van der Waals surface area contributed by atoms with Crippen molar-refractivity contribution in [3.05, 3.63) is 48.0 Å². The Balaban J connectivity index is 2.04. The van der Waals surface area contributed by atoms with Crippen LogP contribution in [0.1, 0.15) is 5.56 Å². The maximum absolute atomic E-state index is 11.7. The summed E-state index contributed by atoms with van der Waals surface area (Å²) in [7, 11) is 0. The molecule has 0 saturated carbocycles. The van der Waals surface area contributed by atoms with Crippen molar-refractivity contribution in [1.29, 1.82) is 0 Å². The molecule has 0 aliphatic carbocycles. The Hall–Kier alpha value is -3.02. The van der Waals surface area contributed by atoms with Crippen LogP contribution in [-0.2, 0) is 9.59 Å². The van der Waals surface area contributed by atoms with Crippen molar-refractivity contribution in [2.24, 2.45) is 0 Å². The van der Waals surface area contributed by atoms with Crippen LogP contribution in [0.3, 0.4) is 0 Å². The number of carbonyl (C=O) groups is 2. The van der Waals surface area contributed by atoms with Gasteiger partial charge in [-0.3, -0.25) is 9.59 Å². The molecule has 0 fully saturated rings. The number of aromatic hydroxyl groups is 2. The monoisotopic (exact) mass is 286 g/mol. The van der Waals surface area contributed by atoms with Crippen molar-refractivity contribution in [1.82, 2.24) is 0 Å². The van der Waals surface area contributed by atoms with E-state index in [1.165, 1.54) is 36.4 Å². The summed E-state index contributed by atoms with van der Waals surface area (Å²) in [6, 6.07) is 10.5. The molecule has 0 radical (unpaired) electrons. The van der Waals surface area contributed by atoms with Gasteiger partial charge in [-0.05, 0) is 36.8 Å². The molecular formula is C15H14N2O4. The highest BCUT2D eigenvalue weighted by Crippen LogP contribution is 2.23. The Bertz CT molecular complexity index is 698. The van der Waals surface area contributed by atoms with E-state index in [-0.39, 0.29) is 17.2 Å². The van der Waals surface area contributed by atoms with Crippen LogP contribution in [0.5, 0.6) is 11.5 Å². The second-order valence-electron chi connectivity index (χ2n) is 4.48. The van der Waals surface area contributed by atoms with Crippen LogP contribution in [0.2, 0.25) is 0 Å². The standard InChI is InChI=1S/C15H14N2O4/c1-9-5-6-12(13(19)7-9)17-15(21)14(20)16-10-3-2-4-11(18)8-10/h2-8,18-19H,1H3,(H,16,20)(H,17,21). The fraction of sp³-hybridized carbons (Fsp3) is 0.0667. The van der Waals surface area contributed by atoms with Crippen molar-refractivity contribution in [2.45, 2.75) is 6.92 Å². The molecule has 6 nitrogen and oxygen atoms in total. The van der Waals surface area contributed by atoms with E-state index in [4.69, 9.17) is 0 Å². The molecule has 2 aromatic rings. The fourth-order valence-corrected chi connectivity index (χ4v) is 1.70. The molecule has 0 saturated heterocycles. The van der Waals surface area contributed by atoms with Crippen molar-refractivity contribution in [2.75, 3.05) is 10.6 Å². The van der Waals surface area contributed by atoms with Crippen LogP contribution in [0, 0.1) is 6.92 Å². The van der Waals surface area contributed by atoms with Gasteiger partial charge in [-0.15, -0.1) is 0 Å². The number of phenolic OH excluding ortho intramolecular Hbond substituents is 2. The minimum absolute atomic E-state index is 0.0237. The van der Waals surface area contributed by atoms with Crippen LogP contribution >= 0.6 is 0 Å². The molecular weight excluding hydrogens is 272 g/mol. The number of phenols is 2. The summed E-state index contributed by atoms with van der Waals surface area (Å²) >= 11 is 0. The summed E-state index contributed by atoms with van der Waals surface area (Å²) in [6.07, 6.45) is 0. The third-order valence-electron chi connectivity index (χ3n) is 2.71. The van der Waals surface area contributed by atoms with Gasteiger partial charge in [-0.25, -0.2) is 0 Å². The van der Waals surface area contributed by atoms with Gasteiger partial charge in [-0.1, -0.05) is 12.1 Å². The minimum atomic E-state index is -0.919. The Morgan fingerprint density at radius 2 is 1.67 bits per heavy atom. The number of hydrogen-bond acceptors (Lipinski definition) is 4. The summed E-state index contributed by atoms with van der Waals surface area (Å²) < 4.78 is 0. The van der Waals surface area contributed by atoms with Gasteiger partial charge in [0.1, 0.15) is 11.5 Å². The number of benzene rings is 2. The summed E-state index contributed by atoms with van der Waals surface area (Å²) in [5.41, 5.74) is 1.27. The summed E-state index contributed by atoms with van der Waals surface area (Å²) in [5.74, 6) is -1.96. The number of rotatable bonds is 2. The number of amides is 2. The average molecular weight is 286 g/mol. The molecule has 6 heteroatoms. The predicted octanol–water partition coefficient (Wildman–Crippen LogP) is 1.98. The van der Waals surface area contributed by atoms with Crippen LogP contribution in [-0.4, -0.2) is 22.0 Å². The first kappa shape index (κ1) is 14.4. The van der Waals surface area contributed by atoms with Gasteiger partial charge in [0.25, 0.3) is 0 Å².